The second-order valence-electron chi connectivity index (χ2n) is 8.25. The van der Waals surface area contributed by atoms with Crippen molar-refractivity contribution >= 4 is 17.7 Å². The number of carbonyl (C=O) groups excluding carboxylic acids is 3. The van der Waals surface area contributed by atoms with Crippen LogP contribution in [-0.2, 0) is 9.59 Å². The Labute approximate surface area is 165 Å². The van der Waals surface area contributed by atoms with E-state index < -0.39 is 11.7 Å². The molecule has 0 unspecified atom stereocenters. The Bertz CT molecular complexity index is 724. The second kappa shape index (κ2) is 9.14. The van der Waals surface area contributed by atoms with Crippen LogP contribution in [0.25, 0.3) is 0 Å². The molecule has 1 saturated heterocycles. The Morgan fingerprint density at radius 1 is 1.18 bits per heavy atom. The van der Waals surface area contributed by atoms with E-state index in [4.69, 9.17) is 0 Å². The van der Waals surface area contributed by atoms with E-state index in [1.54, 1.807) is 11.0 Å². The van der Waals surface area contributed by atoms with Crippen LogP contribution in [0, 0.1) is 5.82 Å². The van der Waals surface area contributed by atoms with Crippen LogP contribution < -0.4 is 10.2 Å². The summed E-state index contributed by atoms with van der Waals surface area (Å²) in [6, 6.07) is 5.73. The molecule has 3 amide bonds. The van der Waals surface area contributed by atoms with E-state index in [9.17, 15) is 18.8 Å². The van der Waals surface area contributed by atoms with Crippen LogP contribution in [0.1, 0.15) is 31.1 Å². The quantitative estimate of drug-likeness (QED) is 0.711. The molecule has 0 aromatic heterocycles. The molecule has 0 saturated carbocycles. The molecule has 0 atom stereocenters. The smallest absolute Gasteiger partial charge is 0.275 e. The molecule has 1 aromatic carbocycles. The summed E-state index contributed by atoms with van der Waals surface area (Å²) in [6.07, 6.45) is 0. The summed E-state index contributed by atoms with van der Waals surface area (Å²) in [5.41, 5.74) is -0.305. The molecule has 1 aromatic rings. The molecule has 154 valence electrons. The minimum absolute atomic E-state index is 0.00232. The van der Waals surface area contributed by atoms with Gasteiger partial charge in [-0.05, 0) is 32.9 Å². The molecule has 2 rings (SSSR count). The van der Waals surface area contributed by atoms with Gasteiger partial charge in [0.05, 0.1) is 38.3 Å². The first-order chi connectivity index (χ1) is 13.1. The predicted octanol–water partition coefficient (Wildman–Crippen LogP) is -0.460. The zero-order chi connectivity index (χ0) is 20.9. The number of halogens is 1. The maximum atomic E-state index is 13.8. The van der Waals surface area contributed by atoms with Crippen molar-refractivity contribution in [3.8, 4) is 0 Å². The number of carbonyl (C=O) groups is 3. The number of quaternary nitrogens is 1. The highest BCUT2D eigenvalue weighted by atomic mass is 19.1. The number of likely N-dealkylation sites (N-methyl/N-ethyl adjacent to an activating group) is 1. The van der Waals surface area contributed by atoms with Crippen molar-refractivity contribution in [3.05, 3.63) is 35.6 Å². The largest absolute Gasteiger partial charge is 0.347 e. The van der Waals surface area contributed by atoms with Gasteiger partial charge in [0, 0.05) is 12.6 Å². The van der Waals surface area contributed by atoms with Crippen molar-refractivity contribution in [2.75, 3.05) is 46.3 Å². The van der Waals surface area contributed by atoms with E-state index in [0.29, 0.717) is 32.7 Å². The zero-order valence-corrected chi connectivity index (χ0v) is 17.0. The molecule has 1 aliphatic rings. The first-order valence-corrected chi connectivity index (χ1v) is 9.49. The lowest BCUT2D eigenvalue weighted by Gasteiger charge is -2.33. The average Bonchev–Trinajstić information content (AvgIpc) is 2.60. The van der Waals surface area contributed by atoms with Crippen LogP contribution >= 0.6 is 0 Å². The van der Waals surface area contributed by atoms with Gasteiger partial charge in [-0.1, -0.05) is 12.1 Å². The van der Waals surface area contributed by atoms with E-state index in [1.807, 2.05) is 20.8 Å². The maximum Gasteiger partial charge on any atom is 0.275 e. The summed E-state index contributed by atoms with van der Waals surface area (Å²) in [4.78, 5) is 40.9. The minimum Gasteiger partial charge on any atom is -0.347 e. The number of nitrogens with zero attached hydrogens (tertiary/aromatic N) is 2. The van der Waals surface area contributed by atoms with Crippen LogP contribution in [0.2, 0.25) is 0 Å². The van der Waals surface area contributed by atoms with Crippen molar-refractivity contribution in [2.24, 2.45) is 0 Å². The third-order valence-corrected chi connectivity index (χ3v) is 4.57. The Morgan fingerprint density at radius 2 is 1.79 bits per heavy atom. The summed E-state index contributed by atoms with van der Waals surface area (Å²) in [5.74, 6) is -1.30. The SMILES string of the molecule is CN(CC(=O)N1CC[NH+](CC(=O)NC(C)(C)C)CC1)C(=O)c1ccccc1F. The van der Waals surface area contributed by atoms with Gasteiger partial charge in [-0.25, -0.2) is 4.39 Å². The third-order valence-electron chi connectivity index (χ3n) is 4.57. The van der Waals surface area contributed by atoms with E-state index in [2.05, 4.69) is 5.32 Å². The molecule has 0 radical (unpaired) electrons. The predicted molar refractivity (Wildman–Crippen MR) is 103 cm³/mol. The van der Waals surface area contributed by atoms with Gasteiger partial charge in [-0.15, -0.1) is 0 Å². The average molecular weight is 393 g/mol. The van der Waals surface area contributed by atoms with Crippen LogP contribution in [-0.4, -0.2) is 79.4 Å². The summed E-state index contributed by atoms with van der Waals surface area (Å²) >= 11 is 0. The molecule has 0 bridgehead atoms. The van der Waals surface area contributed by atoms with Gasteiger partial charge in [0.2, 0.25) is 5.91 Å². The fourth-order valence-corrected chi connectivity index (χ4v) is 3.15. The Balaban J connectivity index is 1.81. The molecule has 28 heavy (non-hydrogen) atoms. The van der Waals surface area contributed by atoms with Gasteiger partial charge in [0.15, 0.2) is 6.54 Å². The van der Waals surface area contributed by atoms with Gasteiger partial charge in [0.1, 0.15) is 5.82 Å². The number of piperazine rings is 1. The molecule has 0 aliphatic carbocycles. The van der Waals surface area contributed by atoms with Crippen molar-refractivity contribution in [3.63, 3.8) is 0 Å². The Morgan fingerprint density at radius 3 is 2.36 bits per heavy atom. The van der Waals surface area contributed by atoms with Crippen LogP contribution in [0.5, 0.6) is 0 Å². The van der Waals surface area contributed by atoms with E-state index in [1.165, 1.54) is 30.1 Å². The second-order valence-corrected chi connectivity index (χ2v) is 8.25. The van der Waals surface area contributed by atoms with Gasteiger partial charge >= 0.3 is 0 Å². The first-order valence-electron chi connectivity index (χ1n) is 9.49. The summed E-state index contributed by atoms with van der Waals surface area (Å²) in [7, 11) is 1.49. The minimum atomic E-state index is -0.599. The lowest BCUT2D eigenvalue weighted by molar-refractivity contribution is -0.896. The van der Waals surface area contributed by atoms with Crippen LogP contribution in [0.4, 0.5) is 4.39 Å². The van der Waals surface area contributed by atoms with Crippen molar-refractivity contribution < 1.29 is 23.7 Å². The number of rotatable bonds is 5. The molecule has 7 nitrogen and oxygen atoms in total. The van der Waals surface area contributed by atoms with Gasteiger partial charge in [-0.2, -0.15) is 0 Å². The Hall–Kier alpha value is -2.48. The number of hydrogen-bond donors (Lipinski definition) is 2. The number of amides is 3. The summed E-state index contributed by atoms with van der Waals surface area (Å²) < 4.78 is 13.8. The fraction of sp³-hybridized carbons (Fsp3) is 0.550. The standard InChI is InChI=1S/C20H29FN4O3/c1-20(2,3)22-17(26)13-24-9-11-25(12-10-24)18(27)14-23(4)19(28)15-7-5-6-8-16(15)21/h5-8H,9-14H2,1-4H3,(H,22,26)/p+1. The molecule has 8 heteroatoms. The van der Waals surface area contributed by atoms with Crippen LogP contribution in [0.3, 0.4) is 0 Å². The van der Waals surface area contributed by atoms with Gasteiger partial charge in [-0.3, -0.25) is 14.4 Å². The van der Waals surface area contributed by atoms with Crippen molar-refractivity contribution in [1.29, 1.82) is 0 Å². The molecule has 1 aliphatic heterocycles. The third kappa shape index (κ3) is 6.30. The molecule has 0 spiro atoms. The lowest BCUT2D eigenvalue weighted by Crippen LogP contribution is -3.16. The molecule has 1 fully saturated rings. The van der Waals surface area contributed by atoms with Crippen molar-refractivity contribution in [2.45, 2.75) is 26.3 Å². The van der Waals surface area contributed by atoms with Crippen molar-refractivity contribution in [1.82, 2.24) is 15.1 Å². The Kier molecular flexibility index (Phi) is 7.12. The van der Waals surface area contributed by atoms with Crippen LogP contribution in [0.15, 0.2) is 24.3 Å². The molecule has 2 N–H and O–H groups in total. The highest BCUT2D eigenvalue weighted by Gasteiger charge is 2.28. The van der Waals surface area contributed by atoms with E-state index in [0.717, 1.165) is 4.90 Å². The van der Waals surface area contributed by atoms with E-state index in [-0.39, 0.29) is 29.5 Å². The number of hydrogen-bond acceptors (Lipinski definition) is 3. The molecule has 1 heterocycles. The summed E-state index contributed by atoms with van der Waals surface area (Å²) in [6.45, 7) is 8.50. The lowest BCUT2D eigenvalue weighted by atomic mass is 10.1. The summed E-state index contributed by atoms with van der Waals surface area (Å²) in [5, 5.41) is 2.94. The highest BCUT2D eigenvalue weighted by Crippen LogP contribution is 2.09. The highest BCUT2D eigenvalue weighted by molar-refractivity contribution is 5.96. The number of benzene rings is 1. The van der Waals surface area contributed by atoms with Gasteiger partial charge < -0.3 is 20.0 Å². The monoisotopic (exact) mass is 393 g/mol. The van der Waals surface area contributed by atoms with E-state index >= 15 is 0 Å². The molecular formula is C20H30FN4O3+. The molecular weight excluding hydrogens is 363 g/mol. The zero-order valence-electron chi connectivity index (χ0n) is 17.0. The van der Waals surface area contributed by atoms with Gasteiger partial charge in [0.25, 0.3) is 11.8 Å². The normalized spacial score (nSPS) is 15.2. The first kappa shape index (κ1) is 21.8. The maximum absolute atomic E-state index is 13.8. The topological polar surface area (TPSA) is 74.2 Å². The number of nitrogens with one attached hydrogen (secondary N) is 2. The fourth-order valence-electron chi connectivity index (χ4n) is 3.15.